The molecule has 27 heavy (non-hydrogen) atoms. The van der Waals surface area contributed by atoms with E-state index in [2.05, 4.69) is 6.92 Å². The summed E-state index contributed by atoms with van der Waals surface area (Å²) in [5.41, 5.74) is 0. The number of thioether (sulfide) groups is 1. The zero-order valence-electron chi connectivity index (χ0n) is 17.3. The van der Waals surface area contributed by atoms with Gasteiger partial charge in [-0.3, -0.25) is 4.79 Å². The first-order chi connectivity index (χ1) is 13.2. The van der Waals surface area contributed by atoms with Crippen LogP contribution in [0.2, 0.25) is 0 Å². The zero-order chi connectivity index (χ0) is 19.6. The smallest absolute Gasteiger partial charge is 0.303 e. The van der Waals surface area contributed by atoms with Crippen LogP contribution in [-0.2, 0) is 9.53 Å². The standard InChI is InChI=1S/C23H38O3S/c1-3-4-5-6-7-8-9-10-11-15-18-27-20-23(26-21(2)24)19-25-22-16-13-12-14-17-22/h12-14,16-17,23H,3-11,15,18-20H2,1-2H3. The van der Waals surface area contributed by atoms with E-state index in [1.807, 2.05) is 42.1 Å². The summed E-state index contributed by atoms with van der Waals surface area (Å²) < 4.78 is 11.1. The number of esters is 1. The lowest BCUT2D eigenvalue weighted by Crippen LogP contribution is -2.26. The molecule has 1 atom stereocenters. The van der Waals surface area contributed by atoms with E-state index >= 15 is 0 Å². The van der Waals surface area contributed by atoms with Crippen molar-refractivity contribution in [1.82, 2.24) is 0 Å². The first-order valence-corrected chi connectivity index (χ1v) is 11.8. The molecule has 0 bridgehead atoms. The lowest BCUT2D eigenvalue weighted by molar-refractivity contribution is -0.146. The number of rotatable bonds is 17. The highest BCUT2D eigenvalue weighted by Gasteiger charge is 2.13. The van der Waals surface area contributed by atoms with Gasteiger partial charge in [0.1, 0.15) is 18.5 Å². The van der Waals surface area contributed by atoms with Crippen LogP contribution >= 0.6 is 11.8 Å². The number of ether oxygens (including phenoxy) is 2. The molecule has 0 aliphatic carbocycles. The van der Waals surface area contributed by atoms with Crippen LogP contribution < -0.4 is 4.74 Å². The van der Waals surface area contributed by atoms with Gasteiger partial charge in [0.15, 0.2) is 0 Å². The number of hydrogen-bond acceptors (Lipinski definition) is 4. The lowest BCUT2D eigenvalue weighted by atomic mass is 10.1. The lowest BCUT2D eigenvalue weighted by Gasteiger charge is -2.17. The van der Waals surface area contributed by atoms with Gasteiger partial charge in [0.2, 0.25) is 0 Å². The average molecular weight is 395 g/mol. The quantitative estimate of drug-likeness (QED) is 0.219. The van der Waals surface area contributed by atoms with Gasteiger partial charge in [-0.15, -0.1) is 0 Å². The Balaban J connectivity index is 2.02. The number of carbonyl (C=O) groups is 1. The molecule has 4 heteroatoms. The molecule has 0 heterocycles. The van der Waals surface area contributed by atoms with E-state index in [0.717, 1.165) is 17.3 Å². The van der Waals surface area contributed by atoms with Crippen LogP contribution in [0.3, 0.4) is 0 Å². The highest BCUT2D eigenvalue weighted by molar-refractivity contribution is 7.99. The van der Waals surface area contributed by atoms with E-state index in [1.165, 1.54) is 71.1 Å². The molecule has 0 saturated carbocycles. The zero-order valence-corrected chi connectivity index (χ0v) is 18.1. The van der Waals surface area contributed by atoms with Crippen molar-refractivity contribution >= 4 is 17.7 Å². The molecule has 154 valence electrons. The number of benzene rings is 1. The monoisotopic (exact) mass is 394 g/mol. The third-order valence-electron chi connectivity index (χ3n) is 4.46. The van der Waals surface area contributed by atoms with E-state index in [1.54, 1.807) is 0 Å². The second kappa shape index (κ2) is 17.0. The van der Waals surface area contributed by atoms with Crippen LogP contribution in [0.15, 0.2) is 30.3 Å². The van der Waals surface area contributed by atoms with Crippen LogP contribution in [-0.4, -0.2) is 30.2 Å². The third-order valence-corrected chi connectivity index (χ3v) is 5.64. The van der Waals surface area contributed by atoms with Crippen molar-refractivity contribution in [3.05, 3.63) is 30.3 Å². The van der Waals surface area contributed by atoms with Gasteiger partial charge in [-0.1, -0.05) is 82.9 Å². The third kappa shape index (κ3) is 14.6. The summed E-state index contributed by atoms with van der Waals surface area (Å²) in [4.78, 5) is 11.3. The van der Waals surface area contributed by atoms with Crippen LogP contribution in [0.5, 0.6) is 5.75 Å². The second-order valence-electron chi connectivity index (χ2n) is 7.11. The molecular weight excluding hydrogens is 356 g/mol. The van der Waals surface area contributed by atoms with Crippen LogP contribution in [0.25, 0.3) is 0 Å². The van der Waals surface area contributed by atoms with E-state index in [4.69, 9.17) is 9.47 Å². The van der Waals surface area contributed by atoms with Gasteiger partial charge in [-0.2, -0.15) is 11.8 Å². The molecule has 3 nitrogen and oxygen atoms in total. The number of hydrogen-bond donors (Lipinski definition) is 0. The molecule has 1 rings (SSSR count). The maximum absolute atomic E-state index is 11.3. The summed E-state index contributed by atoms with van der Waals surface area (Å²) >= 11 is 1.86. The topological polar surface area (TPSA) is 35.5 Å². The van der Waals surface area contributed by atoms with Gasteiger partial charge in [-0.05, 0) is 24.3 Å². The van der Waals surface area contributed by atoms with Crippen molar-refractivity contribution in [3.8, 4) is 5.75 Å². The molecule has 0 N–H and O–H groups in total. The number of carbonyl (C=O) groups excluding carboxylic acids is 1. The highest BCUT2D eigenvalue weighted by atomic mass is 32.2. The number of unbranched alkanes of at least 4 members (excludes halogenated alkanes) is 9. The summed E-state index contributed by atoms with van der Waals surface area (Å²) in [5, 5.41) is 0. The fourth-order valence-corrected chi connectivity index (χ4v) is 3.97. The molecule has 0 spiro atoms. The Morgan fingerprint density at radius 1 is 0.926 bits per heavy atom. The van der Waals surface area contributed by atoms with Crippen molar-refractivity contribution in [2.75, 3.05) is 18.1 Å². The molecule has 1 unspecified atom stereocenters. The molecule has 0 aromatic heterocycles. The van der Waals surface area contributed by atoms with E-state index in [0.29, 0.717) is 6.61 Å². The first kappa shape index (κ1) is 23.9. The van der Waals surface area contributed by atoms with Crippen LogP contribution in [0.4, 0.5) is 0 Å². The first-order valence-electron chi connectivity index (χ1n) is 10.6. The van der Waals surface area contributed by atoms with Crippen LogP contribution in [0.1, 0.15) is 78.1 Å². The predicted octanol–water partition coefficient (Wildman–Crippen LogP) is 6.65. The molecule has 0 aliphatic rings. The van der Waals surface area contributed by atoms with Gasteiger partial charge in [-0.25, -0.2) is 0 Å². The van der Waals surface area contributed by atoms with Gasteiger partial charge < -0.3 is 9.47 Å². The van der Waals surface area contributed by atoms with Crippen molar-refractivity contribution in [1.29, 1.82) is 0 Å². The summed E-state index contributed by atoms with van der Waals surface area (Å²) in [6.45, 7) is 4.14. The molecule has 1 aromatic carbocycles. The Bertz CT molecular complexity index is 464. The summed E-state index contributed by atoms with van der Waals surface area (Å²) in [7, 11) is 0. The minimum absolute atomic E-state index is 0.184. The Labute approximate surface area is 170 Å². The Hall–Kier alpha value is -1.16. The van der Waals surface area contributed by atoms with Crippen molar-refractivity contribution in [2.45, 2.75) is 84.2 Å². The maximum atomic E-state index is 11.3. The van der Waals surface area contributed by atoms with Gasteiger partial charge >= 0.3 is 5.97 Å². The minimum Gasteiger partial charge on any atom is -0.490 e. The average Bonchev–Trinajstić information content (AvgIpc) is 2.67. The Kier molecular flexibility index (Phi) is 15.0. The minimum atomic E-state index is -0.240. The molecule has 0 amide bonds. The van der Waals surface area contributed by atoms with Crippen molar-refractivity contribution < 1.29 is 14.3 Å². The maximum Gasteiger partial charge on any atom is 0.303 e. The van der Waals surface area contributed by atoms with Crippen molar-refractivity contribution in [3.63, 3.8) is 0 Å². The summed E-state index contributed by atoms with van der Waals surface area (Å²) in [6, 6.07) is 9.68. The molecular formula is C23H38O3S. The van der Waals surface area contributed by atoms with Gasteiger partial charge in [0.25, 0.3) is 0 Å². The predicted molar refractivity (Wildman–Crippen MR) is 117 cm³/mol. The fourth-order valence-electron chi connectivity index (χ4n) is 2.96. The molecule has 0 saturated heterocycles. The van der Waals surface area contributed by atoms with Gasteiger partial charge in [0.05, 0.1) is 0 Å². The fraction of sp³-hybridized carbons (Fsp3) is 0.696. The van der Waals surface area contributed by atoms with E-state index in [9.17, 15) is 4.79 Å². The Morgan fingerprint density at radius 3 is 2.11 bits per heavy atom. The number of para-hydroxylation sites is 1. The highest BCUT2D eigenvalue weighted by Crippen LogP contribution is 2.15. The summed E-state index contributed by atoms with van der Waals surface area (Å²) in [6.07, 6.45) is 13.4. The van der Waals surface area contributed by atoms with Gasteiger partial charge in [0, 0.05) is 12.7 Å². The van der Waals surface area contributed by atoms with Crippen molar-refractivity contribution in [2.24, 2.45) is 0 Å². The summed E-state index contributed by atoms with van der Waals surface area (Å²) in [5.74, 6) is 2.49. The Morgan fingerprint density at radius 2 is 1.52 bits per heavy atom. The van der Waals surface area contributed by atoms with Crippen LogP contribution in [0, 0.1) is 0 Å². The normalized spacial score (nSPS) is 11.9. The SMILES string of the molecule is CCCCCCCCCCCCSCC(COc1ccccc1)OC(C)=O. The molecule has 0 radical (unpaired) electrons. The molecule has 0 fully saturated rings. The largest absolute Gasteiger partial charge is 0.490 e. The van der Waals surface area contributed by atoms with E-state index < -0.39 is 0 Å². The van der Waals surface area contributed by atoms with E-state index in [-0.39, 0.29) is 12.1 Å². The molecule has 0 aliphatic heterocycles. The second-order valence-corrected chi connectivity index (χ2v) is 8.26. The molecule has 1 aromatic rings.